The van der Waals surface area contributed by atoms with Crippen LogP contribution in [0.5, 0.6) is 0 Å². The first-order chi connectivity index (χ1) is 7.65. The zero-order chi connectivity index (χ0) is 12.0. The van der Waals surface area contributed by atoms with Gasteiger partial charge in [-0.2, -0.15) is 0 Å². The van der Waals surface area contributed by atoms with E-state index in [1.165, 1.54) is 14.0 Å². The summed E-state index contributed by atoms with van der Waals surface area (Å²) in [4.78, 5) is 24.1. The Labute approximate surface area is 94.9 Å². The Balaban J connectivity index is 2.40. The van der Waals surface area contributed by atoms with Crippen LogP contribution in [0.1, 0.15) is 6.92 Å². The molecule has 1 aliphatic heterocycles. The van der Waals surface area contributed by atoms with E-state index < -0.39 is 0 Å². The summed E-state index contributed by atoms with van der Waals surface area (Å²) in [7, 11) is 1.36. The van der Waals surface area contributed by atoms with Crippen LogP contribution < -0.4 is 5.32 Å². The topological polar surface area (TPSA) is 67.9 Å². The van der Waals surface area contributed by atoms with Crippen molar-refractivity contribution in [2.45, 2.75) is 13.0 Å². The van der Waals surface area contributed by atoms with Crippen LogP contribution in [0.4, 0.5) is 0 Å². The van der Waals surface area contributed by atoms with Gasteiger partial charge in [0.1, 0.15) is 6.04 Å². The Hall–Kier alpha value is -1.14. The summed E-state index contributed by atoms with van der Waals surface area (Å²) in [5, 5.41) is 2.70. The van der Waals surface area contributed by atoms with Crippen LogP contribution in [-0.4, -0.2) is 62.8 Å². The Morgan fingerprint density at radius 3 is 2.94 bits per heavy atom. The van der Waals surface area contributed by atoms with Crippen molar-refractivity contribution in [2.75, 3.05) is 40.0 Å². The average molecular weight is 230 g/mol. The normalized spacial score (nSPS) is 21.5. The fourth-order valence-corrected chi connectivity index (χ4v) is 1.63. The lowest BCUT2D eigenvalue weighted by molar-refractivity contribution is -0.153. The number of nitrogens with one attached hydrogen (secondary N) is 1. The van der Waals surface area contributed by atoms with E-state index in [1.54, 1.807) is 0 Å². The molecule has 92 valence electrons. The summed E-state index contributed by atoms with van der Waals surface area (Å²) in [5.41, 5.74) is 0. The zero-order valence-corrected chi connectivity index (χ0v) is 9.69. The van der Waals surface area contributed by atoms with Crippen LogP contribution in [0, 0.1) is 0 Å². The van der Waals surface area contributed by atoms with E-state index in [0.29, 0.717) is 32.8 Å². The van der Waals surface area contributed by atoms with E-state index >= 15 is 0 Å². The predicted molar refractivity (Wildman–Crippen MR) is 56.9 cm³/mol. The Bertz CT molecular complexity index is 257. The van der Waals surface area contributed by atoms with Gasteiger partial charge in [-0.1, -0.05) is 0 Å². The van der Waals surface area contributed by atoms with Gasteiger partial charge in [-0.25, -0.2) is 0 Å². The maximum absolute atomic E-state index is 11.4. The smallest absolute Gasteiger partial charge is 0.325 e. The number of hydrogen-bond acceptors (Lipinski definition) is 5. The SMILES string of the molecule is COC(=O)C1COCCN1CCNC(C)=O. The van der Waals surface area contributed by atoms with Crippen molar-refractivity contribution in [3.63, 3.8) is 0 Å². The van der Waals surface area contributed by atoms with Gasteiger partial charge in [0.15, 0.2) is 0 Å². The van der Waals surface area contributed by atoms with E-state index in [9.17, 15) is 9.59 Å². The van der Waals surface area contributed by atoms with E-state index in [0.717, 1.165) is 0 Å². The molecule has 16 heavy (non-hydrogen) atoms. The second-order valence-electron chi connectivity index (χ2n) is 3.63. The highest BCUT2D eigenvalue weighted by Gasteiger charge is 2.29. The highest BCUT2D eigenvalue weighted by Crippen LogP contribution is 2.07. The molecule has 0 saturated carbocycles. The van der Waals surface area contributed by atoms with Crippen molar-refractivity contribution in [1.29, 1.82) is 0 Å². The van der Waals surface area contributed by atoms with Crippen molar-refractivity contribution in [3.05, 3.63) is 0 Å². The molecule has 1 aliphatic rings. The first-order valence-electron chi connectivity index (χ1n) is 5.29. The number of nitrogens with zero attached hydrogens (tertiary/aromatic N) is 1. The van der Waals surface area contributed by atoms with Crippen molar-refractivity contribution in [2.24, 2.45) is 0 Å². The quantitative estimate of drug-likeness (QED) is 0.627. The number of amides is 1. The zero-order valence-electron chi connectivity index (χ0n) is 9.69. The summed E-state index contributed by atoms with van der Waals surface area (Å²) in [6.45, 7) is 4.27. The molecule has 0 aliphatic carbocycles. The largest absolute Gasteiger partial charge is 0.468 e. The number of methoxy groups -OCH3 is 1. The molecular weight excluding hydrogens is 212 g/mol. The van der Waals surface area contributed by atoms with Crippen molar-refractivity contribution < 1.29 is 19.1 Å². The number of carbonyl (C=O) groups excluding carboxylic acids is 2. The third-order valence-electron chi connectivity index (χ3n) is 2.49. The fraction of sp³-hybridized carbons (Fsp3) is 0.800. The van der Waals surface area contributed by atoms with E-state index in [2.05, 4.69) is 5.32 Å². The van der Waals surface area contributed by atoms with Crippen molar-refractivity contribution in [1.82, 2.24) is 10.2 Å². The minimum absolute atomic E-state index is 0.0668. The highest BCUT2D eigenvalue weighted by atomic mass is 16.5. The minimum atomic E-state index is -0.354. The second kappa shape index (κ2) is 6.44. The monoisotopic (exact) mass is 230 g/mol. The Morgan fingerprint density at radius 2 is 2.31 bits per heavy atom. The molecular formula is C10H18N2O4. The summed E-state index contributed by atoms with van der Waals surface area (Å²) < 4.78 is 9.93. The maximum Gasteiger partial charge on any atom is 0.325 e. The first-order valence-corrected chi connectivity index (χ1v) is 5.29. The molecule has 0 spiro atoms. The second-order valence-corrected chi connectivity index (χ2v) is 3.63. The molecule has 1 amide bonds. The number of esters is 1. The fourth-order valence-electron chi connectivity index (χ4n) is 1.63. The van der Waals surface area contributed by atoms with Crippen LogP contribution >= 0.6 is 0 Å². The summed E-state index contributed by atoms with van der Waals surface area (Å²) in [6, 6.07) is -0.354. The highest BCUT2D eigenvalue weighted by molar-refractivity contribution is 5.76. The van der Waals surface area contributed by atoms with Crippen LogP contribution in [0.25, 0.3) is 0 Å². The van der Waals surface area contributed by atoms with Crippen molar-refractivity contribution in [3.8, 4) is 0 Å². The van der Waals surface area contributed by atoms with Crippen LogP contribution in [-0.2, 0) is 19.1 Å². The molecule has 1 saturated heterocycles. The van der Waals surface area contributed by atoms with E-state index in [-0.39, 0.29) is 17.9 Å². The third-order valence-corrected chi connectivity index (χ3v) is 2.49. The number of carbonyl (C=O) groups is 2. The number of rotatable bonds is 4. The van der Waals surface area contributed by atoms with Gasteiger partial charge in [0.05, 0.1) is 20.3 Å². The van der Waals surface area contributed by atoms with Gasteiger partial charge >= 0.3 is 5.97 Å². The molecule has 0 aromatic carbocycles. The lowest BCUT2D eigenvalue weighted by atomic mass is 10.2. The molecule has 0 aromatic heterocycles. The molecule has 1 atom stereocenters. The lowest BCUT2D eigenvalue weighted by Gasteiger charge is -2.33. The third kappa shape index (κ3) is 3.79. The van der Waals surface area contributed by atoms with Gasteiger partial charge in [0, 0.05) is 26.6 Å². The van der Waals surface area contributed by atoms with Gasteiger partial charge < -0.3 is 14.8 Å². The molecule has 0 bridgehead atoms. The van der Waals surface area contributed by atoms with Crippen molar-refractivity contribution >= 4 is 11.9 Å². The average Bonchev–Trinajstić information content (AvgIpc) is 2.28. The predicted octanol–water partition coefficient (Wildman–Crippen LogP) is -1.00. The number of morpholine rings is 1. The molecule has 6 nitrogen and oxygen atoms in total. The number of hydrogen-bond donors (Lipinski definition) is 1. The van der Waals surface area contributed by atoms with Crippen LogP contribution in [0.2, 0.25) is 0 Å². The molecule has 1 fully saturated rings. The molecule has 0 radical (unpaired) electrons. The Morgan fingerprint density at radius 1 is 1.56 bits per heavy atom. The molecule has 1 N–H and O–H groups in total. The lowest BCUT2D eigenvalue weighted by Crippen LogP contribution is -2.52. The molecule has 1 unspecified atom stereocenters. The van der Waals surface area contributed by atoms with Gasteiger partial charge in [0.2, 0.25) is 5.91 Å². The minimum Gasteiger partial charge on any atom is -0.468 e. The van der Waals surface area contributed by atoms with Gasteiger partial charge in [0.25, 0.3) is 0 Å². The van der Waals surface area contributed by atoms with Gasteiger partial charge in [-0.3, -0.25) is 14.5 Å². The summed E-state index contributed by atoms with van der Waals surface area (Å²) in [5.74, 6) is -0.356. The molecule has 1 heterocycles. The standard InChI is InChI=1S/C10H18N2O4/c1-8(13)11-3-4-12-5-6-16-7-9(12)10(14)15-2/h9H,3-7H2,1-2H3,(H,11,13). The van der Waals surface area contributed by atoms with E-state index in [1.807, 2.05) is 4.90 Å². The maximum atomic E-state index is 11.4. The number of ether oxygens (including phenoxy) is 2. The first kappa shape index (κ1) is 12.9. The summed E-state index contributed by atoms with van der Waals surface area (Å²) in [6.07, 6.45) is 0. The molecule has 0 aromatic rings. The summed E-state index contributed by atoms with van der Waals surface area (Å²) >= 11 is 0. The Kier molecular flexibility index (Phi) is 5.21. The molecule has 6 heteroatoms. The van der Waals surface area contributed by atoms with Gasteiger partial charge in [-0.05, 0) is 0 Å². The van der Waals surface area contributed by atoms with E-state index in [4.69, 9.17) is 9.47 Å². The van der Waals surface area contributed by atoms with Gasteiger partial charge in [-0.15, -0.1) is 0 Å². The van der Waals surface area contributed by atoms with Crippen LogP contribution in [0.3, 0.4) is 0 Å². The van der Waals surface area contributed by atoms with Crippen LogP contribution in [0.15, 0.2) is 0 Å². The molecule has 1 rings (SSSR count).